The van der Waals surface area contributed by atoms with Gasteiger partial charge in [0, 0.05) is 45.2 Å². The number of piperidine rings is 1. The number of aromatic nitrogens is 3. The summed E-state index contributed by atoms with van der Waals surface area (Å²) in [6.07, 6.45) is -4.14. The summed E-state index contributed by atoms with van der Waals surface area (Å²) in [7, 11) is 2.97. The summed E-state index contributed by atoms with van der Waals surface area (Å²) in [5, 5.41) is 12.3. The number of pyridine rings is 1. The molecule has 1 aliphatic heterocycles. The monoisotopic (exact) mass is 491 g/mol. The average Bonchev–Trinajstić information content (AvgIpc) is 3.28. The topological polar surface area (TPSA) is 72.3 Å². The van der Waals surface area contributed by atoms with Crippen molar-refractivity contribution in [2.24, 2.45) is 34.2 Å². The van der Waals surface area contributed by atoms with Crippen LogP contribution in [0.5, 0.6) is 5.75 Å². The number of aryl methyl sites for hydroxylation is 1. The summed E-state index contributed by atoms with van der Waals surface area (Å²) in [6, 6.07) is 1.10. The fourth-order valence-electron chi connectivity index (χ4n) is 4.58. The van der Waals surface area contributed by atoms with Gasteiger partial charge in [0.15, 0.2) is 17.8 Å². The second-order valence-electron chi connectivity index (χ2n) is 8.41. The summed E-state index contributed by atoms with van der Waals surface area (Å²) in [5.74, 6) is -0.324. The van der Waals surface area contributed by atoms with Gasteiger partial charge >= 0.3 is 12.4 Å². The molecule has 3 atom stereocenters. The van der Waals surface area contributed by atoms with Crippen molar-refractivity contribution in [3.05, 3.63) is 35.7 Å². The molecule has 0 aromatic carbocycles. The van der Waals surface area contributed by atoms with E-state index in [1.807, 2.05) is 13.2 Å². The largest absolute Gasteiger partial charge is 0.480 e. The van der Waals surface area contributed by atoms with Gasteiger partial charge in [0.2, 0.25) is 0 Å². The van der Waals surface area contributed by atoms with Crippen LogP contribution < -0.4 is 15.1 Å². The smallest absolute Gasteiger partial charge is 0.433 e. The van der Waals surface area contributed by atoms with Crippen LogP contribution in [0.1, 0.15) is 18.5 Å². The first kappa shape index (κ1) is 24.1. The summed E-state index contributed by atoms with van der Waals surface area (Å²) in [4.78, 5) is 5.89. The van der Waals surface area contributed by atoms with Gasteiger partial charge in [-0.05, 0) is 25.0 Å². The van der Waals surface area contributed by atoms with Crippen LogP contribution in [-0.2, 0) is 13.2 Å². The lowest BCUT2D eigenvalue weighted by molar-refractivity contribution is -0.154. The molecule has 1 saturated carbocycles. The molecule has 0 spiro atoms. The number of fused-ring (bicyclic) bond motifs is 2. The van der Waals surface area contributed by atoms with E-state index >= 15 is 0 Å². The molecular formula is C20H23F6N7O. The molecule has 186 valence electrons. The Morgan fingerprint density at radius 1 is 1.09 bits per heavy atom. The van der Waals surface area contributed by atoms with Crippen molar-refractivity contribution in [2.45, 2.75) is 31.2 Å². The maximum atomic E-state index is 13.6. The van der Waals surface area contributed by atoms with Gasteiger partial charge < -0.3 is 9.64 Å². The molecule has 1 saturated heterocycles. The predicted molar refractivity (Wildman–Crippen MR) is 108 cm³/mol. The van der Waals surface area contributed by atoms with Crippen molar-refractivity contribution < 1.29 is 31.1 Å². The van der Waals surface area contributed by atoms with E-state index in [1.165, 1.54) is 0 Å². The van der Waals surface area contributed by atoms with Gasteiger partial charge in [0.25, 0.3) is 0 Å². The van der Waals surface area contributed by atoms with E-state index < -0.39 is 35.9 Å². The van der Waals surface area contributed by atoms with Crippen molar-refractivity contribution in [1.82, 2.24) is 14.5 Å². The molecule has 0 amide bonds. The third-order valence-electron chi connectivity index (χ3n) is 6.05. The van der Waals surface area contributed by atoms with E-state index in [9.17, 15) is 26.3 Å². The fourth-order valence-corrected chi connectivity index (χ4v) is 4.58. The van der Waals surface area contributed by atoms with Crippen molar-refractivity contribution in [3.8, 4) is 5.75 Å². The SMILES string of the molecule is C/N=c1/c(OCC(F)(F)F)ccc(C(F)(F)F)n1/N=N/[C@@H]1[C@@H]2CC[C@H]1CN(c1cnn(C)c1)C2. The zero-order valence-electron chi connectivity index (χ0n) is 18.4. The zero-order valence-corrected chi connectivity index (χ0v) is 18.4. The Labute approximate surface area is 190 Å². The van der Waals surface area contributed by atoms with Crippen molar-refractivity contribution in [1.29, 1.82) is 0 Å². The van der Waals surface area contributed by atoms with Gasteiger partial charge in [-0.2, -0.15) is 41.2 Å². The van der Waals surface area contributed by atoms with E-state index in [4.69, 9.17) is 0 Å². The molecular weight excluding hydrogens is 468 g/mol. The number of ether oxygens (including phenoxy) is 1. The first-order valence-electron chi connectivity index (χ1n) is 10.6. The summed E-state index contributed by atoms with van der Waals surface area (Å²) < 4.78 is 85.5. The van der Waals surface area contributed by atoms with Crippen LogP contribution in [-0.4, -0.2) is 53.4 Å². The molecule has 4 rings (SSSR count). The summed E-state index contributed by atoms with van der Waals surface area (Å²) in [6.45, 7) is -0.361. The van der Waals surface area contributed by atoms with Gasteiger partial charge in [-0.3, -0.25) is 9.67 Å². The lowest BCUT2D eigenvalue weighted by Crippen LogP contribution is -2.44. The fraction of sp³-hybridized carbons (Fsp3) is 0.600. The molecule has 34 heavy (non-hydrogen) atoms. The minimum Gasteiger partial charge on any atom is -0.480 e. The van der Waals surface area contributed by atoms with Gasteiger partial charge in [0.1, 0.15) is 5.69 Å². The first-order valence-corrected chi connectivity index (χ1v) is 10.6. The molecule has 2 fully saturated rings. The molecule has 0 N–H and O–H groups in total. The minimum absolute atomic E-state index is 0.0734. The van der Waals surface area contributed by atoms with Gasteiger partial charge in [0.05, 0.1) is 17.9 Å². The van der Waals surface area contributed by atoms with E-state index in [2.05, 4.69) is 30.1 Å². The van der Waals surface area contributed by atoms with Crippen LogP contribution in [0, 0.1) is 11.8 Å². The van der Waals surface area contributed by atoms with Crippen molar-refractivity contribution >= 4 is 5.69 Å². The Balaban J connectivity index is 1.63. The number of hydrogen-bond donors (Lipinski definition) is 0. The number of hydrogen-bond acceptors (Lipinski definition) is 6. The molecule has 0 unspecified atom stereocenters. The van der Waals surface area contributed by atoms with E-state index in [-0.39, 0.29) is 17.9 Å². The van der Waals surface area contributed by atoms with E-state index in [0.29, 0.717) is 23.8 Å². The van der Waals surface area contributed by atoms with Crippen LogP contribution in [0.3, 0.4) is 0 Å². The molecule has 8 nitrogen and oxygen atoms in total. The third kappa shape index (κ3) is 5.04. The normalized spacial score (nSPS) is 23.8. The van der Waals surface area contributed by atoms with Crippen LogP contribution in [0.15, 0.2) is 39.9 Å². The van der Waals surface area contributed by atoms with Gasteiger partial charge in [-0.15, -0.1) is 0 Å². The molecule has 2 bridgehead atoms. The molecule has 2 aromatic heterocycles. The summed E-state index contributed by atoms with van der Waals surface area (Å²) >= 11 is 0. The number of rotatable bonds is 5. The van der Waals surface area contributed by atoms with Crippen LogP contribution in [0.2, 0.25) is 0 Å². The standard InChI is InChI=1S/C20H23F6N7O/c1-27-18-15(34-11-19(21,22)23)5-6-16(20(24,25)26)33(18)30-29-17-12-3-4-13(17)9-32(8-12)14-7-28-31(2)10-14/h5-7,10,12-13,17H,3-4,8-9,11H2,1-2H3/b27-18-,30-29+/t12-,13+,17-. The lowest BCUT2D eigenvalue weighted by Gasteiger charge is -2.36. The van der Waals surface area contributed by atoms with Gasteiger partial charge in [-0.25, -0.2) is 0 Å². The predicted octanol–water partition coefficient (Wildman–Crippen LogP) is 3.84. The maximum absolute atomic E-state index is 13.6. The Kier molecular flexibility index (Phi) is 6.34. The van der Waals surface area contributed by atoms with Gasteiger partial charge in [-0.1, -0.05) is 5.22 Å². The third-order valence-corrected chi connectivity index (χ3v) is 6.05. The molecule has 3 heterocycles. The second kappa shape index (κ2) is 8.95. The molecule has 14 heteroatoms. The maximum Gasteiger partial charge on any atom is 0.433 e. The second-order valence-corrected chi connectivity index (χ2v) is 8.41. The Morgan fingerprint density at radius 3 is 2.29 bits per heavy atom. The average molecular weight is 491 g/mol. The minimum atomic E-state index is -4.83. The first-order chi connectivity index (χ1) is 16.0. The number of nitrogens with zero attached hydrogens (tertiary/aromatic N) is 7. The molecule has 2 aromatic rings. The highest BCUT2D eigenvalue weighted by atomic mass is 19.4. The quantitative estimate of drug-likeness (QED) is 0.471. The van der Waals surface area contributed by atoms with Crippen LogP contribution in [0.4, 0.5) is 32.0 Å². The number of alkyl halides is 6. The van der Waals surface area contributed by atoms with Crippen molar-refractivity contribution in [2.75, 3.05) is 31.6 Å². The summed E-state index contributed by atoms with van der Waals surface area (Å²) in [5.41, 5.74) is -0.746. The Morgan fingerprint density at radius 2 is 1.76 bits per heavy atom. The number of anilines is 1. The molecule has 0 radical (unpaired) electrons. The highest BCUT2D eigenvalue weighted by Gasteiger charge is 2.43. The van der Waals surface area contributed by atoms with E-state index in [1.54, 1.807) is 10.9 Å². The van der Waals surface area contributed by atoms with E-state index in [0.717, 1.165) is 31.6 Å². The number of halogens is 6. The lowest BCUT2D eigenvalue weighted by atomic mass is 9.93. The van der Waals surface area contributed by atoms with Crippen LogP contribution >= 0.6 is 0 Å². The van der Waals surface area contributed by atoms with Crippen molar-refractivity contribution in [3.63, 3.8) is 0 Å². The zero-order chi connectivity index (χ0) is 24.7. The van der Waals surface area contributed by atoms with Crippen LogP contribution in [0.25, 0.3) is 0 Å². The highest BCUT2D eigenvalue weighted by molar-refractivity contribution is 5.43. The Bertz CT molecular complexity index is 1110. The molecule has 1 aliphatic carbocycles. The highest BCUT2D eigenvalue weighted by Crippen LogP contribution is 2.40. The Hall–Kier alpha value is -3.06. The molecule has 2 aliphatic rings.